The van der Waals surface area contributed by atoms with Gasteiger partial charge in [-0.2, -0.15) is 5.26 Å². The van der Waals surface area contributed by atoms with E-state index in [4.69, 9.17) is 16.9 Å². The molecular weight excluding hydrogens is 300 g/mol. The van der Waals surface area contributed by atoms with Crippen LogP contribution in [0.4, 0.5) is 0 Å². The summed E-state index contributed by atoms with van der Waals surface area (Å²) in [6.45, 7) is 8.51. The third kappa shape index (κ3) is 5.09. The molecule has 2 rings (SSSR count). The van der Waals surface area contributed by atoms with E-state index in [9.17, 15) is 9.90 Å². The summed E-state index contributed by atoms with van der Waals surface area (Å²) in [6.07, 6.45) is 1.04. The average molecular weight is 323 g/mol. The molecule has 0 aliphatic carbocycles. The van der Waals surface area contributed by atoms with Crippen LogP contribution in [0, 0.1) is 11.3 Å². The van der Waals surface area contributed by atoms with Crippen molar-refractivity contribution in [2.75, 3.05) is 0 Å². The third-order valence-electron chi connectivity index (χ3n) is 2.75. The first kappa shape index (κ1) is 20.0. The fraction of sp³-hybridized carbons (Fsp3) is 0.412. The lowest BCUT2D eigenvalue weighted by atomic mass is 10.2. The van der Waals surface area contributed by atoms with Crippen molar-refractivity contribution in [3.05, 3.63) is 35.0 Å². The number of aryl methyl sites for hydroxylation is 1. The third-order valence-corrected chi connectivity index (χ3v) is 2.99. The lowest BCUT2D eigenvalue weighted by Gasteiger charge is -2.06. The topological polar surface area (TPSA) is 66.0 Å². The minimum absolute atomic E-state index is 0.227. The highest BCUT2D eigenvalue weighted by Gasteiger charge is 2.14. The molecule has 0 aliphatic heterocycles. The standard InChI is InChI=1S/C13H11ClN2O2.2C2H6/c14-10-3-4-11-9(7-10)8-12(13(17)18)16(11)6-2-1-5-15;2*1-2/h3-4,7-8H,1-2,6H2,(H,17,18);2*1-2H3. The van der Waals surface area contributed by atoms with Gasteiger partial charge in [0, 0.05) is 28.9 Å². The molecule has 5 heteroatoms. The number of nitrogens with zero attached hydrogens (tertiary/aromatic N) is 2. The zero-order valence-corrected chi connectivity index (χ0v) is 14.3. The molecule has 4 nitrogen and oxygen atoms in total. The van der Waals surface area contributed by atoms with Crippen LogP contribution in [-0.4, -0.2) is 15.6 Å². The molecule has 1 aromatic heterocycles. The van der Waals surface area contributed by atoms with Crippen LogP contribution in [0.25, 0.3) is 10.9 Å². The number of carbonyl (C=O) groups is 1. The van der Waals surface area contributed by atoms with Gasteiger partial charge in [0.25, 0.3) is 0 Å². The summed E-state index contributed by atoms with van der Waals surface area (Å²) >= 11 is 5.89. The number of halogens is 1. The van der Waals surface area contributed by atoms with E-state index in [0.29, 0.717) is 24.4 Å². The monoisotopic (exact) mass is 322 g/mol. The number of rotatable bonds is 4. The molecule has 120 valence electrons. The largest absolute Gasteiger partial charge is 0.477 e. The number of hydrogen-bond donors (Lipinski definition) is 1. The van der Waals surface area contributed by atoms with Gasteiger partial charge in [-0.1, -0.05) is 39.3 Å². The van der Waals surface area contributed by atoms with E-state index in [1.165, 1.54) is 0 Å². The normalized spacial score (nSPS) is 9.09. The number of carboxylic acids is 1. The van der Waals surface area contributed by atoms with E-state index in [2.05, 4.69) is 6.07 Å². The molecule has 1 aromatic carbocycles. The second-order valence-electron chi connectivity index (χ2n) is 3.95. The van der Waals surface area contributed by atoms with Gasteiger partial charge in [-0.05, 0) is 30.7 Å². The highest BCUT2D eigenvalue weighted by Crippen LogP contribution is 2.24. The fourth-order valence-corrected chi connectivity index (χ4v) is 2.16. The Hall–Kier alpha value is -1.99. The first-order chi connectivity index (χ1) is 10.6. The van der Waals surface area contributed by atoms with Gasteiger partial charge in [-0.3, -0.25) is 0 Å². The van der Waals surface area contributed by atoms with Gasteiger partial charge in [0.05, 0.1) is 6.07 Å². The minimum atomic E-state index is -0.973. The summed E-state index contributed by atoms with van der Waals surface area (Å²) in [5.41, 5.74) is 1.06. The first-order valence-corrected chi connectivity index (χ1v) is 7.90. The second-order valence-corrected chi connectivity index (χ2v) is 4.39. The van der Waals surface area contributed by atoms with Crippen molar-refractivity contribution >= 4 is 28.5 Å². The number of hydrogen-bond acceptors (Lipinski definition) is 2. The van der Waals surface area contributed by atoms with Gasteiger partial charge in [-0.15, -0.1) is 0 Å². The Kier molecular flexibility index (Phi) is 9.73. The SMILES string of the molecule is CC.CC.N#CCCCn1c(C(=O)O)cc2cc(Cl)ccc21. The lowest BCUT2D eigenvalue weighted by Crippen LogP contribution is -2.08. The first-order valence-electron chi connectivity index (χ1n) is 7.52. The number of aromatic carboxylic acids is 1. The molecule has 0 aliphatic rings. The quantitative estimate of drug-likeness (QED) is 0.771. The molecule has 1 heterocycles. The molecule has 0 bridgehead atoms. The van der Waals surface area contributed by atoms with E-state index in [-0.39, 0.29) is 5.69 Å². The van der Waals surface area contributed by atoms with Gasteiger partial charge in [0.15, 0.2) is 0 Å². The molecule has 0 saturated carbocycles. The van der Waals surface area contributed by atoms with Crippen LogP contribution in [-0.2, 0) is 6.54 Å². The molecule has 0 spiro atoms. The number of fused-ring (bicyclic) bond motifs is 1. The average Bonchev–Trinajstić information content (AvgIpc) is 2.90. The zero-order chi connectivity index (χ0) is 17.1. The number of unbranched alkanes of at least 4 members (excludes halogenated alkanes) is 1. The maximum absolute atomic E-state index is 11.2. The van der Waals surface area contributed by atoms with Crippen molar-refractivity contribution in [2.45, 2.75) is 47.1 Å². The van der Waals surface area contributed by atoms with Crippen LogP contribution in [0.15, 0.2) is 24.3 Å². The molecule has 0 unspecified atom stereocenters. The van der Waals surface area contributed by atoms with Crippen molar-refractivity contribution in [3.63, 3.8) is 0 Å². The molecule has 0 fully saturated rings. The van der Waals surface area contributed by atoms with E-state index >= 15 is 0 Å². The van der Waals surface area contributed by atoms with Gasteiger partial charge in [0.1, 0.15) is 5.69 Å². The summed E-state index contributed by atoms with van der Waals surface area (Å²) < 4.78 is 1.71. The predicted octanol–water partition coefficient (Wildman–Crippen LogP) is 5.35. The van der Waals surface area contributed by atoms with Gasteiger partial charge in [-0.25, -0.2) is 4.79 Å². The Morgan fingerprint density at radius 1 is 1.27 bits per heavy atom. The maximum Gasteiger partial charge on any atom is 0.352 e. The summed E-state index contributed by atoms with van der Waals surface area (Å²) in [5, 5.41) is 19.1. The van der Waals surface area contributed by atoms with Crippen LogP contribution < -0.4 is 0 Å². The van der Waals surface area contributed by atoms with E-state index in [1.807, 2.05) is 27.7 Å². The van der Waals surface area contributed by atoms with Crippen LogP contribution in [0.3, 0.4) is 0 Å². The van der Waals surface area contributed by atoms with Crippen LogP contribution in [0.5, 0.6) is 0 Å². The molecular formula is C17H23ClN2O2. The van der Waals surface area contributed by atoms with Crippen molar-refractivity contribution in [2.24, 2.45) is 0 Å². The van der Waals surface area contributed by atoms with Crippen LogP contribution >= 0.6 is 11.6 Å². The van der Waals surface area contributed by atoms with Crippen molar-refractivity contribution in [3.8, 4) is 6.07 Å². The Balaban J connectivity index is 0.00000102. The van der Waals surface area contributed by atoms with Gasteiger partial charge >= 0.3 is 5.97 Å². The van der Waals surface area contributed by atoms with E-state index in [0.717, 1.165) is 10.9 Å². The zero-order valence-electron chi connectivity index (χ0n) is 13.6. The number of aromatic nitrogens is 1. The molecule has 0 amide bonds. The maximum atomic E-state index is 11.2. The Morgan fingerprint density at radius 2 is 1.91 bits per heavy atom. The summed E-state index contributed by atoms with van der Waals surface area (Å²) in [5.74, 6) is -0.973. The minimum Gasteiger partial charge on any atom is -0.477 e. The summed E-state index contributed by atoms with van der Waals surface area (Å²) in [7, 11) is 0. The van der Waals surface area contributed by atoms with Crippen LogP contribution in [0.2, 0.25) is 5.02 Å². The molecule has 22 heavy (non-hydrogen) atoms. The van der Waals surface area contributed by atoms with Crippen LogP contribution in [0.1, 0.15) is 51.0 Å². The Bertz CT molecular complexity index is 642. The second kappa shape index (κ2) is 10.7. The molecule has 0 saturated heterocycles. The number of nitriles is 1. The van der Waals surface area contributed by atoms with Crippen molar-refractivity contribution < 1.29 is 9.90 Å². The van der Waals surface area contributed by atoms with Crippen molar-refractivity contribution in [1.29, 1.82) is 5.26 Å². The fourth-order valence-electron chi connectivity index (χ4n) is 1.98. The number of carboxylic acid groups (broad SMARTS) is 1. The smallest absolute Gasteiger partial charge is 0.352 e. The summed E-state index contributed by atoms with van der Waals surface area (Å²) in [6, 6.07) is 8.94. The summed E-state index contributed by atoms with van der Waals surface area (Å²) in [4.78, 5) is 11.2. The molecule has 2 aromatic rings. The Morgan fingerprint density at radius 3 is 2.45 bits per heavy atom. The Labute approximate surface area is 136 Å². The molecule has 0 radical (unpaired) electrons. The van der Waals surface area contributed by atoms with Gasteiger partial charge in [0.2, 0.25) is 0 Å². The van der Waals surface area contributed by atoms with E-state index in [1.54, 1.807) is 28.8 Å². The molecule has 0 atom stereocenters. The van der Waals surface area contributed by atoms with E-state index < -0.39 is 5.97 Å². The highest BCUT2D eigenvalue weighted by atomic mass is 35.5. The predicted molar refractivity (Wildman–Crippen MR) is 91.5 cm³/mol. The van der Waals surface area contributed by atoms with Gasteiger partial charge < -0.3 is 9.67 Å². The lowest BCUT2D eigenvalue weighted by molar-refractivity contribution is 0.0685. The number of benzene rings is 1. The van der Waals surface area contributed by atoms with Crippen molar-refractivity contribution in [1.82, 2.24) is 4.57 Å². The highest BCUT2D eigenvalue weighted by molar-refractivity contribution is 6.31. The molecule has 1 N–H and O–H groups in total.